The molecule has 1 N–H and O–H groups in total. The number of benzene rings is 2. The van der Waals surface area contributed by atoms with Crippen molar-refractivity contribution in [3.8, 4) is 0 Å². The van der Waals surface area contributed by atoms with E-state index in [0.717, 1.165) is 24.2 Å². The summed E-state index contributed by atoms with van der Waals surface area (Å²) in [6, 6.07) is 12.1. The van der Waals surface area contributed by atoms with E-state index >= 15 is 0 Å². The zero-order valence-electron chi connectivity index (χ0n) is 16.8. The summed E-state index contributed by atoms with van der Waals surface area (Å²) in [5.74, 6) is 0. The number of halogens is 3. The number of rotatable bonds is 7. The van der Waals surface area contributed by atoms with E-state index in [2.05, 4.69) is 5.32 Å². The van der Waals surface area contributed by atoms with Gasteiger partial charge in [0.05, 0.1) is 10.5 Å². The molecule has 0 bridgehead atoms. The van der Waals surface area contributed by atoms with Gasteiger partial charge in [-0.3, -0.25) is 4.90 Å². The third kappa shape index (κ3) is 5.60. The average molecular weight is 442 g/mol. The summed E-state index contributed by atoms with van der Waals surface area (Å²) >= 11 is 0. The molecule has 3 rings (SSSR count). The smallest absolute Gasteiger partial charge is 0.313 e. The Morgan fingerprint density at radius 1 is 0.967 bits per heavy atom. The Balaban J connectivity index is 1.59. The molecule has 9 heteroatoms. The fraction of sp³-hybridized carbons (Fsp3) is 0.429. The van der Waals surface area contributed by atoms with Crippen molar-refractivity contribution in [1.29, 1.82) is 0 Å². The molecule has 1 aliphatic rings. The maximum Gasteiger partial charge on any atom is 0.416 e. The molecule has 30 heavy (non-hydrogen) atoms. The molecule has 1 saturated heterocycles. The van der Waals surface area contributed by atoms with Crippen LogP contribution in [-0.4, -0.2) is 50.3 Å². The monoisotopic (exact) mass is 441 g/mol. The molecule has 2 aromatic rings. The minimum absolute atomic E-state index is 0.258. The van der Waals surface area contributed by atoms with Gasteiger partial charge in [-0.25, -0.2) is 8.42 Å². The van der Waals surface area contributed by atoms with Crippen molar-refractivity contribution in [2.75, 3.05) is 32.7 Å². The van der Waals surface area contributed by atoms with Crippen LogP contribution in [-0.2, 0) is 29.3 Å². The highest BCUT2D eigenvalue weighted by atomic mass is 32.2. The van der Waals surface area contributed by atoms with Crippen LogP contribution in [0.2, 0.25) is 0 Å². The zero-order valence-corrected chi connectivity index (χ0v) is 17.6. The van der Waals surface area contributed by atoms with Crippen LogP contribution in [0, 0.1) is 0 Å². The molecule has 2 aromatic carbocycles. The number of sulfonamides is 1. The Bertz CT molecular complexity index is 939. The highest BCUT2D eigenvalue weighted by Crippen LogP contribution is 2.30. The highest BCUT2D eigenvalue weighted by Gasteiger charge is 2.31. The lowest BCUT2D eigenvalue weighted by molar-refractivity contribution is -0.137. The molecule has 0 aliphatic carbocycles. The van der Waals surface area contributed by atoms with Gasteiger partial charge in [-0.1, -0.05) is 37.3 Å². The SMILES string of the molecule is CCNCc1ccc(S(=O)(=O)N2CCN(Cc3cccc(C(F)(F)F)c3)CC2)cc1. The van der Waals surface area contributed by atoms with Gasteiger partial charge < -0.3 is 5.32 Å². The molecule has 1 aliphatic heterocycles. The molecule has 164 valence electrons. The first-order valence-corrected chi connectivity index (χ1v) is 11.3. The molecule has 0 atom stereocenters. The summed E-state index contributed by atoms with van der Waals surface area (Å²) in [5.41, 5.74) is 0.915. The minimum Gasteiger partial charge on any atom is -0.313 e. The molecule has 1 fully saturated rings. The molecule has 1 heterocycles. The van der Waals surface area contributed by atoms with E-state index in [1.807, 2.05) is 11.8 Å². The van der Waals surface area contributed by atoms with Crippen molar-refractivity contribution in [2.45, 2.75) is 31.1 Å². The molecular formula is C21H26F3N3O2S. The first kappa shape index (κ1) is 22.7. The van der Waals surface area contributed by atoms with Gasteiger partial charge in [-0.15, -0.1) is 0 Å². The fourth-order valence-electron chi connectivity index (χ4n) is 3.43. The largest absolute Gasteiger partial charge is 0.416 e. The minimum atomic E-state index is -4.37. The van der Waals surface area contributed by atoms with Crippen molar-refractivity contribution >= 4 is 10.0 Å². The van der Waals surface area contributed by atoms with Crippen molar-refractivity contribution in [3.63, 3.8) is 0 Å². The predicted molar refractivity (Wildman–Crippen MR) is 109 cm³/mol. The van der Waals surface area contributed by atoms with E-state index in [0.29, 0.717) is 44.8 Å². The van der Waals surface area contributed by atoms with Crippen LogP contribution in [0.4, 0.5) is 13.2 Å². The molecule has 0 amide bonds. The number of alkyl halides is 3. The molecule has 0 spiro atoms. The van der Waals surface area contributed by atoms with Crippen LogP contribution < -0.4 is 5.32 Å². The van der Waals surface area contributed by atoms with E-state index < -0.39 is 21.8 Å². The van der Waals surface area contributed by atoms with Crippen molar-refractivity contribution < 1.29 is 21.6 Å². The van der Waals surface area contributed by atoms with E-state index in [-0.39, 0.29) is 4.90 Å². The second-order valence-electron chi connectivity index (χ2n) is 7.30. The van der Waals surface area contributed by atoms with Gasteiger partial charge in [0.15, 0.2) is 0 Å². The van der Waals surface area contributed by atoms with E-state index in [4.69, 9.17) is 0 Å². The van der Waals surface area contributed by atoms with E-state index in [1.165, 1.54) is 10.4 Å². The van der Waals surface area contributed by atoms with Gasteiger partial charge in [0.2, 0.25) is 10.0 Å². The number of hydrogen-bond acceptors (Lipinski definition) is 4. The lowest BCUT2D eigenvalue weighted by atomic mass is 10.1. The van der Waals surface area contributed by atoms with Crippen molar-refractivity contribution in [2.24, 2.45) is 0 Å². The Hall–Kier alpha value is -1.94. The second kappa shape index (κ2) is 9.47. The zero-order chi connectivity index (χ0) is 21.8. The fourth-order valence-corrected chi connectivity index (χ4v) is 4.85. The first-order valence-electron chi connectivity index (χ1n) is 9.88. The number of hydrogen-bond donors (Lipinski definition) is 1. The second-order valence-corrected chi connectivity index (χ2v) is 9.24. The third-order valence-electron chi connectivity index (χ3n) is 5.13. The lowest BCUT2D eigenvalue weighted by Crippen LogP contribution is -2.48. The van der Waals surface area contributed by atoms with Crippen LogP contribution in [0.3, 0.4) is 0 Å². The molecule has 0 saturated carbocycles. The standard InChI is InChI=1S/C21H26F3N3O2S/c1-2-25-15-17-6-8-20(9-7-17)30(28,29)27-12-10-26(11-13-27)16-18-4-3-5-19(14-18)21(22,23)24/h3-9,14,25H,2,10-13,15-16H2,1H3. The van der Waals surface area contributed by atoms with Gasteiger partial charge in [0.1, 0.15) is 0 Å². The van der Waals surface area contributed by atoms with Gasteiger partial charge in [0.25, 0.3) is 0 Å². The van der Waals surface area contributed by atoms with Crippen LogP contribution in [0.25, 0.3) is 0 Å². The molecule has 0 aromatic heterocycles. The lowest BCUT2D eigenvalue weighted by Gasteiger charge is -2.34. The summed E-state index contributed by atoms with van der Waals surface area (Å²) in [6.45, 7) is 5.43. The van der Waals surface area contributed by atoms with Crippen LogP contribution in [0.15, 0.2) is 53.4 Å². The summed E-state index contributed by atoms with van der Waals surface area (Å²) in [4.78, 5) is 2.23. The summed E-state index contributed by atoms with van der Waals surface area (Å²) in [6.07, 6.45) is -4.37. The topological polar surface area (TPSA) is 52.7 Å². The summed E-state index contributed by atoms with van der Waals surface area (Å²) in [7, 11) is -3.58. The molecule has 0 radical (unpaired) electrons. The Morgan fingerprint density at radius 2 is 1.63 bits per heavy atom. The van der Waals surface area contributed by atoms with Crippen LogP contribution in [0.1, 0.15) is 23.6 Å². The molecule has 5 nitrogen and oxygen atoms in total. The number of nitrogens with one attached hydrogen (secondary N) is 1. The van der Waals surface area contributed by atoms with Crippen LogP contribution in [0.5, 0.6) is 0 Å². The maximum atomic E-state index is 12.9. The Kier molecular flexibility index (Phi) is 7.18. The Labute approximate surface area is 175 Å². The quantitative estimate of drug-likeness (QED) is 0.716. The van der Waals surface area contributed by atoms with E-state index in [1.54, 1.807) is 30.3 Å². The maximum absolute atomic E-state index is 12.9. The normalized spacial score (nSPS) is 16.7. The van der Waals surface area contributed by atoms with Gasteiger partial charge in [-0.05, 0) is 35.9 Å². The average Bonchev–Trinajstić information content (AvgIpc) is 2.72. The number of piperazine rings is 1. The molecular weight excluding hydrogens is 415 g/mol. The first-order chi connectivity index (χ1) is 14.2. The molecule has 0 unspecified atom stereocenters. The summed E-state index contributed by atoms with van der Waals surface area (Å²) in [5, 5.41) is 3.19. The summed E-state index contributed by atoms with van der Waals surface area (Å²) < 4.78 is 65.9. The highest BCUT2D eigenvalue weighted by molar-refractivity contribution is 7.89. The number of nitrogens with zero attached hydrogens (tertiary/aromatic N) is 2. The van der Waals surface area contributed by atoms with E-state index in [9.17, 15) is 21.6 Å². The predicted octanol–water partition coefficient (Wildman–Crippen LogP) is 3.32. The van der Waals surface area contributed by atoms with Crippen LogP contribution >= 0.6 is 0 Å². The van der Waals surface area contributed by atoms with Gasteiger partial charge in [-0.2, -0.15) is 17.5 Å². The third-order valence-corrected chi connectivity index (χ3v) is 7.04. The van der Waals surface area contributed by atoms with Crippen molar-refractivity contribution in [3.05, 3.63) is 65.2 Å². The van der Waals surface area contributed by atoms with Gasteiger partial charge >= 0.3 is 6.18 Å². The Morgan fingerprint density at radius 3 is 2.23 bits per heavy atom. The van der Waals surface area contributed by atoms with Crippen molar-refractivity contribution in [1.82, 2.24) is 14.5 Å². The van der Waals surface area contributed by atoms with Gasteiger partial charge in [0, 0.05) is 39.3 Å².